The van der Waals surface area contributed by atoms with Crippen molar-refractivity contribution in [3.63, 3.8) is 0 Å². The fourth-order valence-electron chi connectivity index (χ4n) is 4.30. The first-order valence-corrected chi connectivity index (χ1v) is 15.8. The number of hydrazone groups is 1. The molecule has 1 aromatic heterocycles. The first-order chi connectivity index (χ1) is 20.1. The third-order valence-corrected chi connectivity index (χ3v) is 8.48. The van der Waals surface area contributed by atoms with Gasteiger partial charge in [-0.1, -0.05) is 36.0 Å². The molecule has 0 saturated heterocycles. The molecular weight excluding hydrogens is 576 g/mol. The Labute approximate surface area is 248 Å². The third-order valence-electron chi connectivity index (χ3n) is 6.57. The fraction of sp³-hybridized carbons (Fsp3) is 0.241. The van der Waals surface area contributed by atoms with E-state index in [0.717, 1.165) is 36.1 Å². The summed E-state index contributed by atoms with van der Waals surface area (Å²) in [5.41, 5.74) is 4.88. The number of primary sulfonamides is 1. The van der Waals surface area contributed by atoms with Crippen LogP contribution in [0.2, 0.25) is 0 Å². The topological polar surface area (TPSA) is 160 Å². The predicted octanol–water partition coefficient (Wildman–Crippen LogP) is 3.08. The Morgan fingerprint density at radius 1 is 1.12 bits per heavy atom. The molecule has 0 saturated carbocycles. The molecule has 4 aromatic rings. The third kappa shape index (κ3) is 7.55. The second-order valence-corrected chi connectivity index (χ2v) is 11.8. The highest BCUT2D eigenvalue weighted by molar-refractivity contribution is 7.99. The highest BCUT2D eigenvalue weighted by Gasteiger charge is 2.14. The van der Waals surface area contributed by atoms with Gasteiger partial charge in [0.25, 0.3) is 11.5 Å². The molecule has 0 atom stereocenters. The van der Waals surface area contributed by atoms with Crippen molar-refractivity contribution in [3.8, 4) is 5.75 Å². The van der Waals surface area contributed by atoms with Crippen LogP contribution in [0, 0.1) is 0 Å². The summed E-state index contributed by atoms with van der Waals surface area (Å²) >= 11 is 1.10. The predicted molar refractivity (Wildman–Crippen MR) is 166 cm³/mol. The molecule has 4 rings (SSSR count). The van der Waals surface area contributed by atoms with Gasteiger partial charge in [-0.05, 0) is 62.2 Å². The maximum atomic E-state index is 13.3. The summed E-state index contributed by atoms with van der Waals surface area (Å²) in [6.45, 7) is 5.95. The van der Waals surface area contributed by atoms with Crippen LogP contribution in [0.3, 0.4) is 0 Å². The van der Waals surface area contributed by atoms with Gasteiger partial charge in [0.05, 0.1) is 27.8 Å². The van der Waals surface area contributed by atoms with Gasteiger partial charge < -0.3 is 10.0 Å². The fourth-order valence-corrected chi connectivity index (χ4v) is 5.64. The largest absolute Gasteiger partial charge is 0.507 e. The molecule has 42 heavy (non-hydrogen) atoms. The van der Waals surface area contributed by atoms with Gasteiger partial charge in [-0.2, -0.15) is 5.10 Å². The van der Waals surface area contributed by atoms with Crippen LogP contribution < -0.4 is 21.0 Å². The van der Waals surface area contributed by atoms with E-state index in [1.165, 1.54) is 22.9 Å². The SMILES string of the molecule is CCN(CC)c1ccc(/C=N/NC(=O)CSc2nc3ccccc3c(=O)n2CCc2ccc(S(N)(=O)=O)cc2)c(O)c1. The number of phenolic OH excluding ortho intramolecular Hbond substituents is 1. The van der Waals surface area contributed by atoms with Gasteiger partial charge in [0.1, 0.15) is 5.75 Å². The summed E-state index contributed by atoms with van der Waals surface area (Å²) in [5.74, 6) is -0.420. The maximum Gasteiger partial charge on any atom is 0.262 e. The molecule has 0 spiro atoms. The number of hydrogen-bond acceptors (Lipinski definition) is 9. The molecule has 0 aliphatic rings. The molecule has 3 aromatic carbocycles. The second kappa shape index (κ2) is 13.6. The zero-order valence-electron chi connectivity index (χ0n) is 23.2. The van der Waals surface area contributed by atoms with E-state index >= 15 is 0 Å². The van der Waals surface area contributed by atoms with Crippen molar-refractivity contribution < 1.29 is 18.3 Å². The molecule has 1 amide bonds. The molecule has 0 radical (unpaired) electrons. The van der Waals surface area contributed by atoms with Crippen LogP contribution in [0.15, 0.2) is 86.7 Å². The number of nitrogens with zero attached hydrogens (tertiary/aromatic N) is 4. The Morgan fingerprint density at radius 3 is 2.50 bits per heavy atom. The maximum absolute atomic E-state index is 13.3. The Bertz CT molecular complexity index is 1770. The van der Waals surface area contributed by atoms with Crippen LogP contribution in [-0.2, 0) is 27.8 Å². The van der Waals surface area contributed by atoms with Gasteiger partial charge in [0.15, 0.2) is 5.16 Å². The number of amides is 1. The smallest absolute Gasteiger partial charge is 0.262 e. The van der Waals surface area contributed by atoms with Crippen LogP contribution in [0.4, 0.5) is 5.69 Å². The van der Waals surface area contributed by atoms with Crippen molar-refractivity contribution in [2.24, 2.45) is 10.2 Å². The molecule has 220 valence electrons. The lowest BCUT2D eigenvalue weighted by atomic mass is 10.1. The minimum absolute atomic E-state index is 0.00700. The van der Waals surface area contributed by atoms with Gasteiger partial charge in [-0.3, -0.25) is 14.2 Å². The number of sulfonamides is 1. The first-order valence-electron chi connectivity index (χ1n) is 13.2. The van der Waals surface area contributed by atoms with Gasteiger partial charge in [0.2, 0.25) is 10.0 Å². The Morgan fingerprint density at radius 2 is 1.83 bits per heavy atom. The van der Waals surface area contributed by atoms with Crippen molar-refractivity contribution in [1.82, 2.24) is 15.0 Å². The lowest BCUT2D eigenvalue weighted by Gasteiger charge is -2.21. The van der Waals surface area contributed by atoms with E-state index in [1.54, 1.807) is 48.5 Å². The highest BCUT2D eigenvalue weighted by Crippen LogP contribution is 2.24. The number of nitrogens with two attached hydrogens (primary N) is 1. The minimum atomic E-state index is -3.80. The molecule has 0 aliphatic heterocycles. The van der Waals surface area contributed by atoms with E-state index in [4.69, 9.17) is 5.14 Å². The Hall–Kier alpha value is -4.20. The number of para-hydroxylation sites is 1. The molecular formula is C29H32N6O5S2. The number of nitrogens with one attached hydrogen (secondary N) is 1. The van der Waals surface area contributed by atoms with Crippen LogP contribution in [0.1, 0.15) is 25.0 Å². The van der Waals surface area contributed by atoms with E-state index in [1.807, 2.05) is 19.9 Å². The number of aromatic hydroxyl groups is 1. The van der Waals surface area contributed by atoms with Crippen molar-refractivity contribution in [2.45, 2.75) is 36.9 Å². The summed E-state index contributed by atoms with van der Waals surface area (Å²) in [6, 6.07) is 18.4. The van der Waals surface area contributed by atoms with Gasteiger partial charge in [-0.15, -0.1) is 0 Å². The standard InChI is InChI=1S/C29H32N6O5S2/c1-3-34(4-2)22-12-11-21(26(36)17-22)18-31-33-27(37)19-41-29-32-25-8-6-5-7-24(25)28(38)35(29)16-15-20-9-13-23(14-10-20)42(30,39)40/h5-14,17-18,36H,3-4,15-16,19H2,1-2H3,(H,33,37)(H2,30,39,40)/b31-18+. The van der Waals surface area contributed by atoms with Crippen LogP contribution in [0.25, 0.3) is 10.9 Å². The summed E-state index contributed by atoms with van der Waals surface area (Å²) in [6.07, 6.45) is 1.79. The number of thioether (sulfide) groups is 1. The van der Waals surface area contributed by atoms with E-state index in [0.29, 0.717) is 28.0 Å². The zero-order chi connectivity index (χ0) is 30.3. The van der Waals surface area contributed by atoms with Crippen LogP contribution >= 0.6 is 11.8 Å². The van der Waals surface area contributed by atoms with E-state index in [2.05, 4.69) is 20.4 Å². The number of rotatable bonds is 12. The Kier molecular flexibility index (Phi) is 9.99. The lowest BCUT2D eigenvalue weighted by Crippen LogP contribution is -2.26. The number of aromatic nitrogens is 2. The number of anilines is 1. The minimum Gasteiger partial charge on any atom is -0.507 e. The monoisotopic (exact) mass is 608 g/mol. The lowest BCUT2D eigenvalue weighted by molar-refractivity contribution is -0.118. The molecule has 11 nitrogen and oxygen atoms in total. The molecule has 4 N–H and O–H groups in total. The molecule has 0 bridgehead atoms. The molecule has 1 heterocycles. The highest BCUT2D eigenvalue weighted by atomic mass is 32.2. The molecule has 0 aliphatic carbocycles. The van der Waals surface area contributed by atoms with Crippen molar-refractivity contribution in [3.05, 3.63) is 88.2 Å². The first kappa shape index (κ1) is 30.8. The number of carbonyl (C=O) groups excluding carboxylic acids is 1. The summed E-state index contributed by atoms with van der Waals surface area (Å²) < 4.78 is 24.6. The average molecular weight is 609 g/mol. The zero-order valence-corrected chi connectivity index (χ0v) is 24.9. The normalized spacial score (nSPS) is 11.7. The van der Waals surface area contributed by atoms with E-state index in [-0.39, 0.29) is 28.5 Å². The van der Waals surface area contributed by atoms with Crippen molar-refractivity contribution >= 4 is 50.5 Å². The molecule has 0 fully saturated rings. The van der Waals surface area contributed by atoms with E-state index < -0.39 is 15.9 Å². The second-order valence-electron chi connectivity index (χ2n) is 9.30. The number of benzene rings is 3. The van der Waals surface area contributed by atoms with Gasteiger partial charge in [0, 0.05) is 37.0 Å². The quantitative estimate of drug-likeness (QED) is 0.0958. The van der Waals surface area contributed by atoms with Crippen molar-refractivity contribution in [1.29, 1.82) is 0 Å². The van der Waals surface area contributed by atoms with Crippen LogP contribution in [0.5, 0.6) is 5.75 Å². The number of carbonyl (C=O) groups is 1. The van der Waals surface area contributed by atoms with E-state index in [9.17, 15) is 23.1 Å². The van der Waals surface area contributed by atoms with Crippen LogP contribution in [-0.4, -0.2) is 54.0 Å². The average Bonchev–Trinajstić information content (AvgIpc) is 2.97. The molecule has 13 heteroatoms. The number of hydrogen-bond donors (Lipinski definition) is 3. The summed E-state index contributed by atoms with van der Waals surface area (Å²) in [5, 5.41) is 20.3. The molecule has 0 unspecified atom stereocenters. The number of aryl methyl sites for hydroxylation is 1. The summed E-state index contributed by atoms with van der Waals surface area (Å²) in [4.78, 5) is 32.6. The number of fused-ring (bicyclic) bond motifs is 1. The van der Waals surface area contributed by atoms with Gasteiger partial charge >= 0.3 is 0 Å². The number of phenols is 1. The Balaban J connectivity index is 1.45. The van der Waals surface area contributed by atoms with Crippen molar-refractivity contribution in [2.75, 3.05) is 23.7 Å². The van der Waals surface area contributed by atoms with Gasteiger partial charge in [-0.25, -0.2) is 24.0 Å². The summed E-state index contributed by atoms with van der Waals surface area (Å²) in [7, 11) is -3.80.